The molecule has 0 aliphatic heterocycles. The number of aliphatic hydroxyl groups excluding tert-OH is 1. The lowest BCUT2D eigenvalue weighted by Gasteiger charge is -2.27. The van der Waals surface area contributed by atoms with E-state index in [-0.39, 0.29) is 6.04 Å². The second-order valence-electron chi connectivity index (χ2n) is 5.02. The molecule has 0 saturated heterocycles. The number of hydrogen-bond acceptors (Lipinski definition) is 4. The monoisotopic (exact) mass is 300 g/mol. The number of aliphatic hydroxyl groups is 1. The summed E-state index contributed by atoms with van der Waals surface area (Å²) < 4.78 is 4.95. The summed E-state index contributed by atoms with van der Waals surface area (Å²) >= 11 is 5.89. The van der Waals surface area contributed by atoms with Crippen molar-refractivity contribution in [3.8, 4) is 0 Å². The maximum atomic E-state index is 9.99. The quantitative estimate of drug-likeness (QED) is 0.684. The van der Waals surface area contributed by atoms with Crippen LogP contribution in [0.4, 0.5) is 0 Å². The third-order valence-corrected chi connectivity index (χ3v) is 3.63. The number of rotatable bonds is 9. The Morgan fingerprint density at radius 1 is 1.35 bits per heavy atom. The minimum atomic E-state index is -0.397. The van der Waals surface area contributed by atoms with E-state index in [0.717, 1.165) is 11.6 Å². The van der Waals surface area contributed by atoms with Gasteiger partial charge in [-0.25, -0.2) is 0 Å². The van der Waals surface area contributed by atoms with Crippen molar-refractivity contribution in [1.82, 2.24) is 10.2 Å². The zero-order chi connectivity index (χ0) is 15.0. The Hall–Kier alpha value is -0.650. The molecular formula is C15H25ClN2O2. The van der Waals surface area contributed by atoms with Gasteiger partial charge in [0.15, 0.2) is 0 Å². The minimum Gasteiger partial charge on any atom is -0.390 e. The first-order chi connectivity index (χ1) is 9.54. The highest BCUT2D eigenvalue weighted by atomic mass is 35.5. The Morgan fingerprint density at radius 3 is 2.60 bits per heavy atom. The van der Waals surface area contributed by atoms with E-state index >= 15 is 0 Å². The van der Waals surface area contributed by atoms with E-state index in [1.165, 1.54) is 5.56 Å². The molecule has 2 atom stereocenters. The normalized spacial score (nSPS) is 14.5. The molecule has 2 N–H and O–H groups in total. The van der Waals surface area contributed by atoms with Gasteiger partial charge in [-0.3, -0.25) is 4.90 Å². The Balaban J connectivity index is 2.37. The van der Waals surface area contributed by atoms with Gasteiger partial charge in [-0.2, -0.15) is 0 Å². The Morgan fingerprint density at radius 2 is 2.00 bits per heavy atom. The first kappa shape index (κ1) is 17.4. The number of ether oxygens (including phenoxy) is 1. The molecule has 1 aromatic carbocycles. The first-order valence-electron chi connectivity index (χ1n) is 6.88. The van der Waals surface area contributed by atoms with Gasteiger partial charge in [-0.15, -0.1) is 0 Å². The molecule has 1 rings (SSSR count). The van der Waals surface area contributed by atoms with Gasteiger partial charge in [0, 0.05) is 37.8 Å². The zero-order valence-electron chi connectivity index (χ0n) is 12.5. The molecule has 0 bridgehead atoms. The van der Waals surface area contributed by atoms with Crippen molar-refractivity contribution < 1.29 is 9.84 Å². The number of halogens is 1. The van der Waals surface area contributed by atoms with Crippen LogP contribution in [0.15, 0.2) is 24.3 Å². The molecule has 0 aromatic heterocycles. The SMILES string of the molecule is COCCNCC(O)CN(C)C(C)c1ccc(Cl)cc1. The van der Waals surface area contributed by atoms with Crippen LogP contribution in [0.25, 0.3) is 0 Å². The second kappa shape index (κ2) is 9.32. The summed E-state index contributed by atoms with van der Waals surface area (Å²) in [4.78, 5) is 2.13. The first-order valence-corrected chi connectivity index (χ1v) is 7.25. The summed E-state index contributed by atoms with van der Waals surface area (Å²) in [6.45, 7) is 4.72. The minimum absolute atomic E-state index is 0.237. The number of hydrogen-bond donors (Lipinski definition) is 2. The molecule has 0 spiro atoms. The lowest BCUT2D eigenvalue weighted by Crippen LogP contribution is -2.38. The van der Waals surface area contributed by atoms with Gasteiger partial charge < -0.3 is 15.2 Å². The van der Waals surface area contributed by atoms with E-state index in [2.05, 4.69) is 17.1 Å². The smallest absolute Gasteiger partial charge is 0.0791 e. The van der Waals surface area contributed by atoms with Crippen molar-refractivity contribution >= 4 is 11.6 Å². The molecule has 0 fully saturated rings. The van der Waals surface area contributed by atoms with Crippen LogP contribution < -0.4 is 5.32 Å². The van der Waals surface area contributed by atoms with Crippen LogP contribution in [0.3, 0.4) is 0 Å². The van der Waals surface area contributed by atoms with E-state index < -0.39 is 6.10 Å². The predicted octanol–water partition coefficient (Wildman–Crippen LogP) is 1.93. The van der Waals surface area contributed by atoms with Crippen LogP contribution in [0.2, 0.25) is 5.02 Å². The second-order valence-corrected chi connectivity index (χ2v) is 5.45. The summed E-state index contributed by atoms with van der Waals surface area (Å²) in [7, 11) is 3.68. The highest BCUT2D eigenvalue weighted by Crippen LogP contribution is 2.20. The van der Waals surface area contributed by atoms with Gasteiger partial charge in [-0.1, -0.05) is 23.7 Å². The van der Waals surface area contributed by atoms with Crippen LogP contribution in [0.1, 0.15) is 18.5 Å². The van der Waals surface area contributed by atoms with Gasteiger partial charge in [-0.05, 0) is 31.7 Å². The van der Waals surface area contributed by atoms with Gasteiger partial charge in [0.05, 0.1) is 12.7 Å². The maximum Gasteiger partial charge on any atom is 0.0791 e. The Labute approximate surface area is 126 Å². The van der Waals surface area contributed by atoms with E-state index in [1.54, 1.807) is 7.11 Å². The molecule has 4 nitrogen and oxygen atoms in total. The van der Waals surface area contributed by atoms with Crippen molar-refractivity contribution in [2.24, 2.45) is 0 Å². The van der Waals surface area contributed by atoms with Gasteiger partial charge in [0.1, 0.15) is 0 Å². The van der Waals surface area contributed by atoms with Crippen LogP contribution in [-0.2, 0) is 4.74 Å². The molecule has 5 heteroatoms. The van der Waals surface area contributed by atoms with Crippen LogP contribution in [0, 0.1) is 0 Å². The molecular weight excluding hydrogens is 276 g/mol. The third kappa shape index (κ3) is 6.20. The largest absolute Gasteiger partial charge is 0.390 e. The zero-order valence-corrected chi connectivity index (χ0v) is 13.2. The molecule has 0 aliphatic rings. The van der Waals surface area contributed by atoms with Crippen molar-refractivity contribution in [3.05, 3.63) is 34.9 Å². The highest BCUT2D eigenvalue weighted by Gasteiger charge is 2.15. The molecule has 0 saturated carbocycles. The average molecular weight is 301 g/mol. The summed E-state index contributed by atoms with van der Waals surface area (Å²) in [5.41, 5.74) is 1.19. The molecule has 1 aromatic rings. The standard InChI is InChI=1S/C15H25ClN2O2/c1-12(13-4-6-14(16)7-5-13)18(2)11-15(19)10-17-8-9-20-3/h4-7,12,15,17,19H,8-11H2,1-3H3. The molecule has 0 aliphatic carbocycles. The molecule has 114 valence electrons. The number of nitrogens with one attached hydrogen (secondary N) is 1. The number of nitrogens with zero attached hydrogens (tertiary/aromatic N) is 1. The van der Waals surface area contributed by atoms with Crippen molar-refractivity contribution in [1.29, 1.82) is 0 Å². The van der Waals surface area contributed by atoms with Crippen molar-refractivity contribution in [3.63, 3.8) is 0 Å². The summed E-state index contributed by atoms with van der Waals surface area (Å²) in [5, 5.41) is 13.9. The van der Waals surface area contributed by atoms with E-state index in [1.807, 2.05) is 31.3 Å². The van der Waals surface area contributed by atoms with Crippen LogP contribution in [-0.4, -0.2) is 56.5 Å². The van der Waals surface area contributed by atoms with E-state index in [0.29, 0.717) is 19.7 Å². The lowest BCUT2D eigenvalue weighted by molar-refractivity contribution is 0.104. The maximum absolute atomic E-state index is 9.99. The Kier molecular flexibility index (Phi) is 8.11. The molecule has 0 radical (unpaired) electrons. The molecule has 0 heterocycles. The molecule has 20 heavy (non-hydrogen) atoms. The number of likely N-dealkylation sites (N-methyl/N-ethyl adjacent to an activating group) is 1. The lowest BCUT2D eigenvalue weighted by atomic mass is 10.1. The van der Waals surface area contributed by atoms with E-state index in [9.17, 15) is 5.11 Å². The summed E-state index contributed by atoms with van der Waals surface area (Å²) in [5.74, 6) is 0. The Bertz CT molecular complexity index is 373. The number of benzene rings is 1. The van der Waals surface area contributed by atoms with Gasteiger partial charge >= 0.3 is 0 Å². The predicted molar refractivity (Wildman–Crippen MR) is 83.2 cm³/mol. The van der Waals surface area contributed by atoms with Crippen molar-refractivity contribution in [2.45, 2.75) is 19.1 Å². The molecule has 2 unspecified atom stereocenters. The average Bonchev–Trinajstić information content (AvgIpc) is 2.43. The fourth-order valence-electron chi connectivity index (χ4n) is 1.99. The highest BCUT2D eigenvalue weighted by molar-refractivity contribution is 6.30. The third-order valence-electron chi connectivity index (χ3n) is 3.38. The summed E-state index contributed by atoms with van der Waals surface area (Å²) in [6, 6.07) is 8.06. The van der Waals surface area contributed by atoms with Gasteiger partial charge in [0.25, 0.3) is 0 Å². The summed E-state index contributed by atoms with van der Waals surface area (Å²) in [6.07, 6.45) is -0.397. The molecule has 0 amide bonds. The van der Waals surface area contributed by atoms with E-state index in [4.69, 9.17) is 16.3 Å². The fourth-order valence-corrected chi connectivity index (χ4v) is 2.12. The topological polar surface area (TPSA) is 44.7 Å². The van der Waals surface area contributed by atoms with Crippen LogP contribution in [0.5, 0.6) is 0 Å². The van der Waals surface area contributed by atoms with Crippen LogP contribution >= 0.6 is 11.6 Å². The van der Waals surface area contributed by atoms with Crippen molar-refractivity contribution in [2.75, 3.05) is 40.4 Å². The van der Waals surface area contributed by atoms with Gasteiger partial charge in [0.2, 0.25) is 0 Å². The fraction of sp³-hybridized carbons (Fsp3) is 0.600. The number of methoxy groups -OCH3 is 1.